The molecule has 2 atom stereocenters. The molecule has 3 heteroatoms. The number of halogens is 1. The van der Waals surface area contributed by atoms with Crippen LogP contribution in [0.3, 0.4) is 0 Å². The summed E-state index contributed by atoms with van der Waals surface area (Å²) in [5.41, 5.74) is 0. The van der Waals surface area contributed by atoms with Crippen molar-refractivity contribution in [2.75, 3.05) is 19.0 Å². The highest BCUT2D eigenvalue weighted by molar-refractivity contribution is 6.17. The van der Waals surface area contributed by atoms with Crippen LogP contribution >= 0.6 is 11.6 Å². The molecule has 2 unspecified atom stereocenters. The molecule has 0 amide bonds. The monoisotopic (exact) mass is 144 g/mol. The van der Waals surface area contributed by atoms with Crippen LogP contribution < -0.4 is 0 Å². The smallest absolute Gasteiger partial charge is 0.111 e. The van der Waals surface area contributed by atoms with Gasteiger partial charge in [-0.05, 0) is 6.42 Å². The molecule has 0 aromatic rings. The first kappa shape index (κ1) is 6.85. The van der Waals surface area contributed by atoms with Gasteiger partial charge in [-0.25, -0.2) is 0 Å². The SMILES string of the molecule is N#CC1CN1CCCCl. The number of nitriles is 1. The van der Waals surface area contributed by atoms with E-state index < -0.39 is 0 Å². The summed E-state index contributed by atoms with van der Waals surface area (Å²) in [6.45, 7) is 1.94. The predicted octanol–water partition coefficient (Wildman–Crippen LogP) is 0.823. The van der Waals surface area contributed by atoms with E-state index in [4.69, 9.17) is 16.9 Å². The molecule has 1 aliphatic rings. The van der Waals surface area contributed by atoms with Gasteiger partial charge in [0.15, 0.2) is 0 Å². The highest BCUT2D eigenvalue weighted by Crippen LogP contribution is 2.15. The Balaban J connectivity index is 2.00. The fourth-order valence-corrected chi connectivity index (χ4v) is 0.927. The van der Waals surface area contributed by atoms with E-state index in [1.165, 1.54) is 0 Å². The highest BCUT2D eigenvalue weighted by Gasteiger charge is 2.32. The average Bonchev–Trinajstić information content (AvgIpc) is 2.62. The van der Waals surface area contributed by atoms with E-state index in [0.717, 1.165) is 19.5 Å². The Morgan fingerprint density at radius 1 is 1.78 bits per heavy atom. The fraction of sp³-hybridized carbons (Fsp3) is 0.833. The summed E-state index contributed by atoms with van der Waals surface area (Å²) in [6, 6.07) is 2.38. The van der Waals surface area contributed by atoms with Crippen LogP contribution in [0, 0.1) is 11.3 Å². The highest BCUT2D eigenvalue weighted by atomic mass is 35.5. The second-order valence-corrected chi connectivity index (χ2v) is 2.56. The summed E-state index contributed by atoms with van der Waals surface area (Å²) in [5, 5.41) is 8.35. The van der Waals surface area contributed by atoms with E-state index in [2.05, 4.69) is 11.0 Å². The molecular formula is C6H9ClN2. The Kier molecular flexibility index (Phi) is 2.32. The van der Waals surface area contributed by atoms with Crippen molar-refractivity contribution >= 4 is 11.6 Å². The molecule has 0 saturated carbocycles. The first-order chi connectivity index (χ1) is 4.38. The molecule has 0 aliphatic carbocycles. The van der Waals surface area contributed by atoms with Crippen molar-refractivity contribution in [1.29, 1.82) is 5.26 Å². The van der Waals surface area contributed by atoms with Crippen molar-refractivity contribution in [3.05, 3.63) is 0 Å². The number of nitrogens with zero attached hydrogens (tertiary/aromatic N) is 2. The van der Waals surface area contributed by atoms with Gasteiger partial charge >= 0.3 is 0 Å². The lowest BCUT2D eigenvalue weighted by molar-refractivity contribution is 0.531. The van der Waals surface area contributed by atoms with Gasteiger partial charge in [-0.2, -0.15) is 5.26 Å². The van der Waals surface area contributed by atoms with Gasteiger partial charge in [0.05, 0.1) is 6.07 Å². The van der Waals surface area contributed by atoms with Gasteiger partial charge < -0.3 is 0 Å². The first-order valence-corrected chi connectivity index (χ1v) is 3.61. The summed E-state index contributed by atoms with van der Waals surface area (Å²) in [5.74, 6) is 0.703. The van der Waals surface area contributed by atoms with Crippen LogP contribution in [0.1, 0.15) is 6.42 Å². The summed E-state index contributed by atoms with van der Waals surface area (Å²) in [7, 11) is 0. The Morgan fingerprint density at radius 3 is 3.00 bits per heavy atom. The normalized spacial score (nSPS) is 31.6. The van der Waals surface area contributed by atoms with E-state index in [0.29, 0.717) is 5.88 Å². The maximum Gasteiger partial charge on any atom is 0.111 e. The summed E-state index contributed by atoms with van der Waals surface area (Å²) in [6.07, 6.45) is 1.000. The minimum Gasteiger partial charge on any atom is -0.284 e. The maximum absolute atomic E-state index is 8.35. The molecule has 0 bridgehead atoms. The standard InChI is InChI=1S/C6H9ClN2/c7-2-1-3-9-5-6(9)4-8/h6H,1-3,5H2. The number of rotatable bonds is 3. The Morgan fingerprint density at radius 2 is 2.56 bits per heavy atom. The van der Waals surface area contributed by atoms with Crippen molar-refractivity contribution in [3.63, 3.8) is 0 Å². The molecule has 1 fully saturated rings. The van der Waals surface area contributed by atoms with Crippen LogP contribution in [-0.4, -0.2) is 29.9 Å². The van der Waals surface area contributed by atoms with E-state index >= 15 is 0 Å². The molecule has 50 valence electrons. The molecule has 2 nitrogen and oxygen atoms in total. The van der Waals surface area contributed by atoms with Crippen LogP contribution in [0.25, 0.3) is 0 Å². The third kappa shape index (κ3) is 1.85. The Bertz CT molecular complexity index is 130. The van der Waals surface area contributed by atoms with Crippen LogP contribution in [-0.2, 0) is 0 Å². The molecule has 0 aromatic heterocycles. The molecule has 1 saturated heterocycles. The van der Waals surface area contributed by atoms with Gasteiger partial charge in [-0.1, -0.05) is 0 Å². The van der Waals surface area contributed by atoms with E-state index in [1.807, 2.05) is 0 Å². The second kappa shape index (κ2) is 3.05. The molecule has 0 aromatic carbocycles. The number of alkyl halides is 1. The topological polar surface area (TPSA) is 26.8 Å². The van der Waals surface area contributed by atoms with Crippen molar-refractivity contribution in [2.45, 2.75) is 12.5 Å². The predicted molar refractivity (Wildman–Crippen MR) is 36.3 cm³/mol. The van der Waals surface area contributed by atoms with E-state index in [-0.39, 0.29) is 6.04 Å². The lowest BCUT2D eigenvalue weighted by atomic mass is 10.5. The van der Waals surface area contributed by atoms with Gasteiger partial charge in [-0.3, -0.25) is 4.90 Å². The van der Waals surface area contributed by atoms with Crippen LogP contribution in [0.4, 0.5) is 0 Å². The minimum atomic E-state index is 0.202. The molecule has 0 N–H and O–H groups in total. The largest absolute Gasteiger partial charge is 0.284 e. The molecular weight excluding hydrogens is 136 g/mol. The summed E-state index contributed by atoms with van der Waals surface area (Å²) < 4.78 is 0. The molecule has 0 radical (unpaired) electrons. The fourth-order valence-electron chi connectivity index (χ4n) is 0.807. The maximum atomic E-state index is 8.35. The zero-order valence-electron chi connectivity index (χ0n) is 5.18. The lowest BCUT2D eigenvalue weighted by Crippen LogP contribution is -2.02. The van der Waals surface area contributed by atoms with Gasteiger partial charge in [0, 0.05) is 19.0 Å². The molecule has 0 spiro atoms. The summed E-state index contributed by atoms with van der Waals surface area (Å²) >= 11 is 5.45. The van der Waals surface area contributed by atoms with Gasteiger partial charge in [0.1, 0.15) is 6.04 Å². The van der Waals surface area contributed by atoms with E-state index in [1.54, 1.807) is 0 Å². The summed E-state index contributed by atoms with van der Waals surface area (Å²) in [4.78, 5) is 2.11. The van der Waals surface area contributed by atoms with Crippen LogP contribution in [0.15, 0.2) is 0 Å². The van der Waals surface area contributed by atoms with Crippen LogP contribution in [0.5, 0.6) is 0 Å². The number of hydrogen-bond donors (Lipinski definition) is 0. The molecule has 1 heterocycles. The van der Waals surface area contributed by atoms with Crippen molar-refractivity contribution < 1.29 is 0 Å². The Hall–Kier alpha value is -0.260. The quantitative estimate of drug-likeness (QED) is 0.433. The third-order valence-electron chi connectivity index (χ3n) is 1.44. The zero-order valence-corrected chi connectivity index (χ0v) is 5.93. The first-order valence-electron chi connectivity index (χ1n) is 3.08. The van der Waals surface area contributed by atoms with Crippen molar-refractivity contribution in [1.82, 2.24) is 4.90 Å². The second-order valence-electron chi connectivity index (χ2n) is 2.18. The molecule has 1 aliphatic heterocycles. The van der Waals surface area contributed by atoms with Crippen LogP contribution in [0.2, 0.25) is 0 Å². The number of hydrogen-bond acceptors (Lipinski definition) is 2. The average molecular weight is 145 g/mol. The lowest BCUT2D eigenvalue weighted by Gasteiger charge is -1.94. The zero-order chi connectivity index (χ0) is 6.69. The van der Waals surface area contributed by atoms with E-state index in [9.17, 15) is 0 Å². The van der Waals surface area contributed by atoms with Crippen molar-refractivity contribution in [2.24, 2.45) is 0 Å². The Labute approximate surface area is 60.0 Å². The third-order valence-corrected chi connectivity index (χ3v) is 1.71. The molecule has 9 heavy (non-hydrogen) atoms. The van der Waals surface area contributed by atoms with Crippen molar-refractivity contribution in [3.8, 4) is 6.07 Å². The van der Waals surface area contributed by atoms with Gasteiger partial charge in [0.2, 0.25) is 0 Å². The minimum absolute atomic E-state index is 0.202. The van der Waals surface area contributed by atoms with Gasteiger partial charge in [-0.15, -0.1) is 11.6 Å². The van der Waals surface area contributed by atoms with Gasteiger partial charge in [0.25, 0.3) is 0 Å². The molecule has 1 rings (SSSR count).